The summed E-state index contributed by atoms with van der Waals surface area (Å²) in [5.74, 6) is 3.43. The van der Waals surface area contributed by atoms with Crippen molar-refractivity contribution in [3.05, 3.63) is 0 Å². The summed E-state index contributed by atoms with van der Waals surface area (Å²) < 4.78 is 0. The van der Waals surface area contributed by atoms with Crippen LogP contribution in [0.25, 0.3) is 0 Å². The van der Waals surface area contributed by atoms with Crippen LogP contribution in [0.5, 0.6) is 0 Å². The van der Waals surface area contributed by atoms with Crippen LogP contribution in [0.2, 0.25) is 0 Å². The van der Waals surface area contributed by atoms with Crippen molar-refractivity contribution >= 4 is 0 Å². The Hall–Kier alpha value is -0.0800. The van der Waals surface area contributed by atoms with Crippen LogP contribution in [-0.2, 0) is 0 Å². The summed E-state index contributed by atoms with van der Waals surface area (Å²) >= 11 is 0. The molecule has 2 nitrogen and oxygen atoms in total. The maximum absolute atomic E-state index is 3.67. The van der Waals surface area contributed by atoms with Crippen molar-refractivity contribution in [3.8, 4) is 0 Å². The van der Waals surface area contributed by atoms with E-state index in [0.29, 0.717) is 0 Å². The van der Waals surface area contributed by atoms with Gasteiger partial charge >= 0.3 is 0 Å². The molecule has 0 spiro atoms. The Balaban J connectivity index is 1.83. The van der Waals surface area contributed by atoms with Gasteiger partial charge in [0.1, 0.15) is 0 Å². The molecule has 0 aromatic heterocycles. The number of piperidine rings is 1. The number of nitrogens with zero attached hydrogens (tertiary/aromatic N) is 1. The third-order valence-corrected chi connectivity index (χ3v) is 5.41. The zero-order valence-corrected chi connectivity index (χ0v) is 13.7. The second kappa shape index (κ2) is 6.58. The topological polar surface area (TPSA) is 15.3 Å². The lowest BCUT2D eigenvalue weighted by atomic mass is 9.74. The summed E-state index contributed by atoms with van der Waals surface area (Å²) in [5, 5.41) is 3.67. The normalized spacial score (nSPS) is 40.4. The van der Waals surface area contributed by atoms with E-state index in [1.165, 1.54) is 38.9 Å². The first-order chi connectivity index (χ1) is 8.99. The zero-order chi connectivity index (χ0) is 14.0. The van der Waals surface area contributed by atoms with Crippen molar-refractivity contribution in [2.45, 2.75) is 66.0 Å². The molecule has 1 saturated carbocycles. The lowest BCUT2D eigenvalue weighted by Gasteiger charge is -2.52. The molecule has 0 aromatic carbocycles. The molecule has 0 amide bonds. The average molecular weight is 266 g/mol. The summed E-state index contributed by atoms with van der Waals surface area (Å²) in [4.78, 5) is 2.84. The van der Waals surface area contributed by atoms with Gasteiger partial charge in [0.25, 0.3) is 0 Å². The van der Waals surface area contributed by atoms with Gasteiger partial charge < -0.3 is 5.32 Å². The van der Waals surface area contributed by atoms with Gasteiger partial charge in [-0.15, -0.1) is 0 Å². The maximum Gasteiger partial charge on any atom is 0.0139 e. The Morgan fingerprint density at radius 2 is 1.89 bits per heavy atom. The Kier molecular flexibility index (Phi) is 5.30. The fourth-order valence-corrected chi connectivity index (χ4v) is 3.98. The molecule has 2 aliphatic rings. The Morgan fingerprint density at radius 1 is 1.16 bits per heavy atom. The fraction of sp³-hybridized carbons (Fsp3) is 1.00. The Morgan fingerprint density at radius 3 is 2.47 bits per heavy atom. The van der Waals surface area contributed by atoms with E-state index in [9.17, 15) is 0 Å². The maximum atomic E-state index is 3.67. The fourth-order valence-electron chi connectivity index (χ4n) is 3.98. The molecule has 1 aliphatic heterocycles. The molecule has 19 heavy (non-hydrogen) atoms. The second-order valence-corrected chi connectivity index (χ2v) is 7.71. The van der Waals surface area contributed by atoms with Crippen LogP contribution in [0.3, 0.4) is 0 Å². The number of hydrogen-bond acceptors (Lipinski definition) is 2. The molecule has 2 fully saturated rings. The molecule has 1 saturated heterocycles. The van der Waals surface area contributed by atoms with Crippen LogP contribution >= 0.6 is 0 Å². The molecule has 1 N–H and O–H groups in total. The monoisotopic (exact) mass is 266 g/mol. The SMILES string of the molecule is CC(C)CNCC1CCC1N1CC(C)CC(C)C1C. The van der Waals surface area contributed by atoms with Gasteiger partial charge in [0.2, 0.25) is 0 Å². The highest BCUT2D eigenvalue weighted by molar-refractivity contribution is 4.95. The van der Waals surface area contributed by atoms with Crippen molar-refractivity contribution in [1.82, 2.24) is 10.2 Å². The molecular formula is C17H34N2. The molecule has 2 rings (SSSR count). The molecule has 112 valence electrons. The van der Waals surface area contributed by atoms with Crippen molar-refractivity contribution in [1.29, 1.82) is 0 Å². The van der Waals surface area contributed by atoms with Crippen LogP contribution in [-0.4, -0.2) is 36.6 Å². The van der Waals surface area contributed by atoms with Crippen molar-refractivity contribution in [3.63, 3.8) is 0 Å². The molecule has 0 radical (unpaired) electrons. The largest absolute Gasteiger partial charge is 0.316 e. The minimum Gasteiger partial charge on any atom is -0.316 e. The van der Waals surface area contributed by atoms with E-state index in [0.717, 1.165) is 35.8 Å². The molecule has 2 heteroatoms. The highest BCUT2D eigenvalue weighted by atomic mass is 15.2. The summed E-state index contributed by atoms with van der Waals surface area (Å²) in [6.45, 7) is 15.6. The van der Waals surface area contributed by atoms with E-state index >= 15 is 0 Å². The Labute approximate surface area is 120 Å². The van der Waals surface area contributed by atoms with E-state index in [1.807, 2.05) is 0 Å². The molecule has 0 aromatic rings. The predicted octanol–water partition coefficient (Wildman–Crippen LogP) is 3.38. The third kappa shape index (κ3) is 3.72. The van der Waals surface area contributed by atoms with Crippen LogP contribution in [0, 0.1) is 23.7 Å². The van der Waals surface area contributed by atoms with Crippen molar-refractivity contribution in [2.24, 2.45) is 23.7 Å². The molecule has 1 aliphatic carbocycles. The van der Waals surface area contributed by atoms with Gasteiger partial charge in [0, 0.05) is 18.6 Å². The molecule has 0 bridgehead atoms. The van der Waals surface area contributed by atoms with Gasteiger partial charge in [-0.1, -0.05) is 27.7 Å². The minimum absolute atomic E-state index is 0.771. The van der Waals surface area contributed by atoms with Gasteiger partial charge in [0.15, 0.2) is 0 Å². The molecule has 5 unspecified atom stereocenters. The highest BCUT2D eigenvalue weighted by Crippen LogP contribution is 2.38. The number of nitrogens with one attached hydrogen (secondary N) is 1. The molecular weight excluding hydrogens is 232 g/mol. The van der Waals surface area contributed by atoms with Crippen molar-refractivity contribution in [2.75, 3.05) is 19.6 Å². The number of rotatable bonds is 5. The minimum atomic E-state index is 0.771. The van der Waals surface area contributed by atoms with Gasteiger partial charge in [-0.2, -0.15) is 0 Å². The summed E-state index contributed by atoms with van der Waals surface area (Å²) in [6, 6.07) is 1.65. The molecule has 5 atom stereocenters. The highest BCUT2D eigenvalue weighted by Gasteiger charge is 2.40. The van der Waals surface area contributed by atoms with E-state index in [2.05, 4.69) is 44.8 Å². The quantitative estimate of drug-likeness (QED) is 0.820. The lowest BCUT2D eigenvalue weighted by molar-refractivity contribution is -0.0237. The van der Waals surface area contributed by atoms with Crippen LogP contribution < -0.4 is 5.32 Å². The first-order valence-corrected chi connectivity index (χ1v) is 8.45. The lowest BCUT2D eigenvalue weighted by Crippen LogP contribution is -2.58. The van der Waals surface area contributed by atoms with E-state index in [4.69, 9.17) is 0 Å². The number of hydrogen-bond donors (Lipinski definition) is 1. The van der Waals surface area contributed by atoms with Crippen LogP contribution in [0.15, 0.2) is 0 Å². The number of likely N-dealkylation sites (tertiary alicyclic amines) is 1. The zero-order valence-electron chi connectivity index (χ0n) is 13.7. The van der Waals surface area contributed by atoms with Crippen LogP contribution in [0.4, 0.5) is 0 Å². The predicted molar refractivity (Wildman–Crippen MR) is 83.3 cm³/mol. The van der Waals surface area contributed by atoms with E-state index < -0.39 is 0 Å². The van der Waals surface area contributed by atoms with E-state index in [1.54, 1.807) is 0 Å². The van der Waals surface area contributed by atoms with Gasteiger partial charge in [-0.3, -0.25) is 4.90 Å². The van der Waals surface area contributed by atoms with Gasteiger partial charge in [-0.25, -0.2) is 0 Å². The average Bonchev–Trinajstić information content (AvgIpc) is 2.29. The first-order valence-electron chi connectivity index (χ1n) is 8.45. The summed E-state index contributed by atoms with van der Waals surface area (Å²) in [5.41, 5.74) is 0. The smallest absolute Gasteiger partial charge is 0.0139 e. The summed E-state index contributed by atoms with van der Waals surface area (Å²) in [6.07, 6.45) is 4.28. The van der Waals surface area contributed by atoms with Crippen LogP contribution in [0.1, 0.15) is 53.9 Å². The third-order valence-electron chi connectivity index (χ3n) is 5.41. The van der Waals surface area contributed by atoms with Gasteiger partial charge in [-0.05, 0) is 62.9 Å². The standard InChI is InChI=1S/C17H34N2/c1-12(2)9-18-10-16-6-7-17(16)19-11-13(3)8-14(4)15(19)5/h12-18H,6-11H2,1-5H3. The van der Waals surface area contributed by atoms with Gasteiger partial charge in [0.05, 0.1) is 0 Å². The van der Waals surface area contributed by atoms with E-state index in [-0.39, 0.29) is 0 Å². The van der Waals surface area contributed by atoms with Crippen molar-refractivity contribution < 1.29 is 0 Å². The Bertz CT molecular complexity index is 276. The first kappa shape index (κ1) is 15.3. The second-order valence-electron chi connectivity index (χ2n) is 7.71. The molecule has 1 heterocycles. The summed E-state index contributed by atoms with van der Waals surface area (Å²) in [7, 11) is 0.